The first-order valence-corrected chi connectivity index (χ1v) is 9.39. The smallest absolute Gasteiger partial charge is 0.191 e. The van der Waals surface area contributed by atoms with E-state index in [0.29, 0.717) is 6.61 Å². The molecule has 6 heteroatoms. The standard InChI is InChI=1S/C20H36N4O2/c1-7-26-18-15-16(10-11-17(18)25-6)9-8-12-22-19(21-5)23-13-14-24-20(2,3)4/h10-11,15,24H,7-9,12-14H2,1-6H3,(H2,21,22,23). The Hall–Kier alpha value is -1.95. The Balaban J connectivity index is 2.33. The molecule has 26 heavy (non-hydrogen) atoms. The molecular formula is C20H36N4O2. The van der Waals surface area contributed by atoms with Crippen LogP contribution >= 0.6 is 0 Å². The molecule has 148 valence electrons. The van der Waals surface area contributed by atoms with Gasteiger partial charge in [0.15, 0.2) is 17.5 Å². The molecule has 1 aromatic carbocycles. The first-order valence-electron chi connectivity index (χ1n) is 9.39. The van der Waals surface area contributed by atoms with E-state index >= 15 is 0 Å². The molecule has 1 aromatic rings. The second-order valence-corrected chi connectivity index (χ2v) is 7.12. The van der Waals surface area contributed by atoms with E-state index in [-0.39, 0.29) is 5.54 Å². The van der Waals surface area contributed by atoms with Gasteiger partial charge in [0.05, 0.1) is 13.7 Å². The topological polar surface area (TPSA) is 66.9 Å². The lowest BCUT2D eigenvalue weighted by atomic mass is 10.1. The average Bonchev–Trinajstić information content (AvgIpc) is 2.60. The number of aryl methyl sites for hydroxylation is 1. The van der Waals surface area contributed by atoms with E-state index in [2.05, 4.69) is 53.8 Å². The van der Waals surface area contributed by atoms with Crippen LogP contribution in [0.25, 0.3) is 0 Å². The Bertz CT molecular complexity index is 553. The molecule has 0 unspecified atom stereocenters. The molecule has 0 radical (unpaired) electrons. The van der Waals surface area contributed by atoms with Crippen LogP contribution in [0.5, 0.6) is 11.5 Å². The minimum Gasteiger partial charge on any atom is -0.493 e. The quantitative estimate of drug-likeness (QED) is 0.338. The monoisotopic (exact) mass is 364 g/mol. The van der Waals surface area contributed by atoms with Crippen molar-refractivity contribution in [2.45, 2.75) is 46.1 Å². The van der Waals surface area contributed by atoms with Crippen molar-refractivity contribution >= 4 is 5.96 Å². The molecule has 0 aliphatic heterocycles. The molecule has 0 saturated heterocycles. The molecule has 0 amide bonds. The number of rotatable bonds is 10. The third-order valence-corrected chi connectivity index (χ3v) is 3.76. The summed E-state index contributed by atoms with van der Waals surface area (Å²) in [4.78, 5) is 4.26. The van der Waals surface area contributed by atoms with Crippen molar-refractivity contribution in [2.75, 3.05) is 40.4 Å². The summed E-state index contributed by atoms with van der Waals surface area (Å²) in [6, 6.07) is 6.12. The van der Waals surface area contributed by atoms with E-state index in [4.69, 9.17) is 9.47 Å². The third-order valence-electron chi connectivity index (χ3n) is 3.76. The first kappa shape index (κ1) is 22.1. The molecule has 0 heterocycles. The second-order valence-electron chi connectivity index (χ2n) is 7.12. The van der Waals surface area contributed by atoms with E-state index in [1.807, 2.05) is 13.0 Å². The van der Waals surface area contributed by atoms with Crippen molar-refractivity contribution in [2.24, 2.45) is 4.99 Å². The van der Waals surface area contributed by atoms with E-state index in [1.165, 1.54) is 5.56 Å². The predicted octanol–water partition coefficient (Wildman–Crippen LogP) is 2.58. The van der Waals surface area contributed by atoms with Crippen LogP contribution < -0.4 is 25.4 Å². The molecule has 0 bridgehead atoms. The Labute approximate surface area is 158 Å². The fourth-order valence-corrected chi connectivity index (χ4v) is 2.48. The van der Waals surface area contributed by atoms with Crippen molar-refractivity contribution in [3.05, 3.63) is 23.8 Å². The summed E-state index contributed by atoms with van der Waals surface area (Å²) in [6.07, 6.45) is 1.98. The minimum absolute atomic E-state index is 0.136. The van der Waals surface area contributed by atoms with Gasteiger partial charge in [0.2, 0.25) is 0 Å². The molecule has 0 atom stereocenters. The molecule has 3 N–H and O–H groups in total. The fourth-order valence-electron chi connectivity index (χ4n) is 2.48. The third kappa shape index (κ3) is 8.94. The lowest BCUT2D eigenvalue weighted by Gasteiger charge is -2.21. The number of methoxy groups -OCH3 is 1. The number of nitrogens with zero attached hydrogens (tertiary/aromatic N) is 1. The van der Waals surface area contributed by atoms with Gasteiger partial charge in [-0.05, 0) is 58.2 Å². The van der Waals surface area contributed by atoms with Crippen LogP contribution in [-0.2, 0) is 6.42 Å². The summed E-state index contributed by atoms with van der Waals surface area (Å²) >= 11 is 0. The first-order chi connectivity index (χ1) is 12.4. The largest absolute Gasteiger partial charge is 0.493 e. The molecule has 1 rings (SSSR count). The van der Waals surface area contributed by atoms with Crippen LogP contribution in [0, 0.1) is 0 Å². The van der Waals surface area contributed by atoms with Crippen molar-refractivity contribution in [1.29, 1.82) is 0 Å². The van der Waals surface area contributed by atoms with Gasteiger partial charge in [0.1, 0.15) is 0 Å². The van der Waals surface area contributed by atoms with Gasteiger partial charge in [-0.2, -0.15) is 0 Å². The fraction of sp³-hybridized carbons (Fsp3) is 0.650. The number of hydrogen-bond donors (Lipinski definition) is 3. The van der Waals surface area contributed by atoms with E-state index in [9.17, 15) is 0 Å². The second kappa shape index (κ2) is 11.6. The highest BCUT2D eigenvalue weighted by molar-refractivity contribution is 5.79. The number of ether oxygens (including phenoxy) is 2. The highest BCUT2D eigenvalue weighted by Gasteiger charge is 2.08. The Morgan fingerprint density at radius 2 is 1.81 bits per heavy atom. The van der Waals surface area contributed by atoms with Crippen LogP contribution in [0.1, 0.15) is 39.7 Å². The number of aliphatic imine (C=N–C) groups is 1. The summed E-state index contributed by atoms with van der Waals surface area (Å²) in [5, 5.41) is 10.1. The van der Waals surface area contributed by atoms with Crippen LogP contribution in [0.4, 0.5) is 0 Å². The molecule has 0 aromatic heterocycles. The van der Waals surface area contributed by atoms with Gasteiger partial charge < -0.3 is 25.4 Å². The van der Waals surface area contributed by atoms with Crippen LogP contribution in [0.15, 0.2) is 23.2 Å². The predicted molar refractivity (Wildman–Crippen MR) is 110 cm³/mol. The van der Waals surface area contributed by atoms with E-state index in [0.717, 1.165) is 49.9 Å². The van der Waals surface area contributed by atoms with Gasteiger partial charge in [-0.25, -0.2) is 0 Å². The summed E-state index contributed by atoms with van der Waals surface area (Å²) in [5.74, 6) is 2.43. The molecule has 6 nitrogen and oxygen atoms in total. The maximum Gasteiger partial charge on any atom is 0.191 e. The van der Waals surface area contributed by atoms with Gasteiger partial charge in [0.25, 0.3) is 0 Å². The highest BCUT2D eigenvalue weighted by Crippen LogP contribution is 2.28. The summed E-state index contributed by atoms with van der Waals surface area (Å²) < 4.78 is 11.0. The maximum absolute atomic E-state index is 5.63. The number of guanidine groups is 1. The molecular weight excluding hydrogens is 328 g/mol. The summed E-state index contributed by atoms with van der Waals surface area (Å²) in [7, 11) is 3.46. The van der Waals surface area contributed by atoms with Gasteiger partial charge in [-0.3, -0.25) is 4.99 Å². The number of nitrogens with one attached hydrogen (secondary N) is 3. The molecule has 0 fully saturated rings. The van der Waals surface area contributed by atoms with Crippen LogP contribution in [0.3, 0.4) is 0 Å². The average molecular weight is 365 g/mol. The zero-order valence-electron chi connectivity index (χ0n) is 17.2. The molecule has 0 saturated carbocycles. The van der Waals surface area contributed by atoms with Crippen molar-refractivity contribution in [1.82, 2.24) is 16.0 Å². The highest BCUT2D eigenvalue weighted by atomic mass is 16.5. The molecule has 0 spiro atoms. The van der Waals surface area contributed by atoms with Gasteiger partial charge >= 0.3 is 0 Å². The number of benzene rings is 1. The van der Waals surface area contributed by atoms with Gasteiger partial charge in [-0.1, -0.05) is 6.07 Å². The number of hydrogen-bond acceptors (Lipinski definition) is 4. The molecule has 0 aliphatic carbocycles. The lowest BCUT2D eigenvalue weighted by molar-refractivity contribution is 0.310. The zero-order chi connectivity index (χ0) is 19.4. The van der Waals surface area contributed by atoms with E-state index < -0.39 is 0 Å². The Kier molecular flexibility index (Phi) is 9.88. The Morgan fingerprint density at radius 3 is 2.42 bits per heavy atom. The van der Waals surface area contributed by atoms with Crippen molar-refractivity contribution in [3.8, 4) is 11.5 Å². The Morgan fingerprint density at radius 1 is 1.08 bits per heavy atom. The van der Waals surface area contributed by atoms with Crippen LogP contribution in [0.2, 0.25) is 0 Å². The van der Waals surface area contributed by atoms with Crippen molar-refractivity contribution < 1.29 is 9.47 Å². The molecule has 0 aliphatic rings. The normalized spacial score (nSPS) is 12.0. The van der Waals surface area contributed by atoms with Gasteiger partial charge in [-0.15, -0.1) is 0 Å². The summed E-state index contributed by atoms with van der Waals surface area (Å²) in [5.41, 5.74) is 1.38. The van der Waals surface area contributed by atoms with E-state index in [1.54, 1.807) is 14.2 Å². The van der Waals surface area contributed by atoms with Crippen LogP contribution in [-0.4, -0.2) is 51.9 Å². The van der Waals surface area contributed by atoms with Crippen molar-refractivity contribution in [3.63, 3.8) is 0 Å². The zero-order valence-corrected chi connectivity index (χ0v) is 17.2. The lowest BCUT2D eigenvalue weighted by Crippen LogP contribution is -2.44. The SMILES string of the molecule is CCOc1cc(CCCNC(=NC)NCCNC(C)(C)C)ccc1OC. The maximum atomic E-state index is 5.63. The van der Waals surface area contributed by atoms with Gasteiger partial charge in [0, 0.05) is 32.2 Å². The minimum atomic E-state index is 0.136. The summed E-state index contributed by atoms with van der Waals surface area (Å²) in [6.45, 7) is 11.7.